The van der Waals surface area contributed by atoms with Crippen LogP contribution < -0.4 is 5.32 Å². The van der Waals surface area contributed by atoms with Crippen molar-refractivity contribution in [3.05, 3.63) is 47.2 Å². The molecule has 0 spiro atoms. The first kappa shape index (κ1) is 16.6. The molecule has 0 saturated carbocycles. The number of nitrogens with one attached hydrogen (secondary N) is 1. The van der Waals surface area contributed by atoms with E-state index in [-0.39, 0.29) is 11.8 Å². The number of Topliss-reactive ketones (excluding diaryl/α,β-unsaturated/α-hetero) is 1. The van der Waals surface area contributed by atoms with E-state index < -0.39 is 0 Å². The minimum Gasteiger partial charge on any atom is -0.310 e. The lowest BCUT2D eigenvalue weighted by Crippen LogP contribution is -2.32. The van der Waals surface area contributed by atoms with Crippen molar-refractivity contribution in [3.8, 4) is 0 Å². The van der Waals surface area contributed by atoms with Crippen LogP contribution in [0.5, 0.6) is 0 Å². The van der Waals surface area contributed by atoms with Crippen molar-refractivity contribution in [1.82, 2.24) is 5.32 Å². The van der Waals surface area contributed by atoms with Gasteiger partial charge in [0, 0.05) is 11.9 Å². The van der Waals surface area contributed by atoms with Crippen molar-refractivity contribution in [3.63, 3.8) is 0 Å². The third kappa shape index (κ3) is 3.92. The molecule has 1 aromatic carbocycles. The predicted octanol–water partition coefficient (Wildman–Crippen LogP) is 3.84. The fourth-order valence-electron chi connectivity index (χ4n) is 2.91. The molecular weight excluding hydrogens is 272 g/mol. The van der Waals surface area contributed by atoms with Crippen molar-refractivity contribution >= 4 is 11.5 Å². The van der Waals surface area contributed by atoms with E-state index in [1.54, 1.807) is 6.92 Å². The van der Waals surface area contributed by atoms with E-state index >= 15 is 0 Å². The van der Waals surface area contributed by atoms with Crippen LogP contribution in [0.2, 0.25) is 0 Å². The Kier molecular flexibility index (Phi) is 5.67. The van der Waals surface area contributed by atoms with Gasteiger partial charge in [-0.15, -0.1) is 0 Å². The molecule has 0 amide bonds. The highest BCUT2D eigenvalue weighted by Crippen LogP contribution is 2.26. The van der Waals surface area contributed by atoms with Gasteiger partial charge in [0.1, 0.15) is 5.78 Å². The van der Waals surface area contributed by atoms with Crippen molar-refractivity contribution in [2.45, 2.75) is 52.0 Å². The van der Waals surface area contributed by atoms with Gasteiger partial charge in [-0.05, 0) is 55.9 Å². The molecule has 1 aliphatic rings. The maximum absolute atomic E-state index is 11.5. The number of hydrogen-bond donors (Lipinski definition) is 1. The summed E-state index contributed by atoms with van der Waals surface area (Å²) in [6.07, 6.45) is 4.65. The molecular formula is C19H26N2O. The van der Waals surface area contributed by atoms with Crippen molar-refractivity contribution in [1.29, 1.82) is 0 Å². The number of aliphatic imine (C=N–C) groups is 1. The molecule has 1 N–H and O–H groups in total. The summed E-state index contributed by atoms with van der Waals surface area (Å²) in [5.41, 5.74) is 5.04. The quantitative estimate of drug-likeness (QED) is 0.867. The minimum atomic E-state index is -0.0917. The Hall–Kier alpha value is -1.74. The van der Waals surface area contributed by atoms with Crippen molar-refractivity contribution in [2.75, 3.05) is 7.05 Å². The van der Waals surface area contributed by atoms with E-state index in [1.165, 1.54) is 16.7 Å². The van der Waals surface area contributed by atoms with Crippen LogP contribution in [0.3, 0.4) is 0 Å². The Labute approximate surface area is 133 Å². The molecule has 3 heteroatoms. The lowest BCUT2D eigenvalue weighted by atomic mass is 9.90. The summed E-state index contributed by atoms with van der Waals surface area (Å²) in [6.45, 7) is 6.07. The Morgan fingerprint density at radius 3 is 2.55 bits per heavy atom. The highest BCUT2D eigenvalue weighted by Gasteiger charge is 2.18. The molecule has 0 bridgehead atoms. The molecule has 1 aliphatic heterocycles. The smallest absolute Gasteiger partial charge is 0.146 e. The molecule has 1 atom stereocenters. The fraction of sp³-hybridized carbons (Fsp3) is 0.474. The van der Waals surface area contributed by atoms with E-state index in [0.717, 1.165) is 25.0 Å². The molecule has 0 radical (unpaired) electrons. The van der Waals surface area contributed by atoms with Gasteiger partial charge in [-0.3, -0.25) is 9.79 Å². The third-order valence-corrected chi connectivity index (χ3v) is 4.29. The Morgan fingerprint density at radius 1 is 1.27 bits per heavy atom. The van der Waals surface area contributed by atoms with Crippen LogP contribution in [-0.4, -0.2) is 24.6 Å². The normalized spacial score (nSPS) is 16.2. The molecule has 2 rings (SSSR count). The number of nitrogens with zero attached hydrogens (tertiary/aromatic N) is 1. The third-order valence-electron chi connectivity index (χ3n) is 4.29. The topological polar surface area (TPSA) is 41.5 Å². The average molecular weight is 298 g/mol. The van der Waals surface area contributed by atoms with Gasteiger partial charge in [0.05, 0.1) is 6.04 Å². The van der Waals surface area contributed by atoms with Crippen LogP contribution in [0.4, 0.5) is 0 Å². The number of benzene rings is 1. The molecule has 1 aromatic rings. The van der Waals surface area contributed by atoms with Crippen LogP contribution in [-0.2, 0) is 4.79 Å². The molecule has 0 unspecified atom stereocenters. The highest BCUT2D eigenvalue weighted by atomic mass is 16.1. The fourth-order valence-corrected chi connectivity index (χ4v) is 2.91. The zero-order valence-electron chi connectivity index (χ0n) is 14.0. The second-order valence-corrected chi connectivity index (χ2v) is 6.26. The summed E-state index contributed by atoms with van der Waals surface area (Å²) in [5, 5.41) is 3.08. The summed E-state index contributed by atoms with van der Waals surface area (Å²) < 4.78 is 0. The van der Waals surface area contributed by atoms with E-state index in [4.69, 9.17) is 0 Å². The van der Waals surface area contributed by atoms with Gasteiger partial charge in [0.25, 0.3) is 0 Å². The maximum Gasteiger partial charge on any atom is 0.146 e. The number of likely N-dealkylation sites (N-methyl/N-ethyl adjacent to an activating group) is 1. The lowest BCUT2D eigenvalue weighted by Gasteiger charge is -2.20. The summed E-state index contributed by atoms with van der Waals surface area (Å²) in [4.78, 5) is 16.2. The van der Waals surface area contributed by atoms with E-state index in [0.29, 0.717) is 5.92 Å². The Morgan fingerprint density at radius 2 is 2.00 bits per heavy atom. The maximum atomic E-state index is 11.5. The van der Waals surface area contributed by atoms with Gasteiger partial charge in [0.2, 0.25) is 0 Å². The zero-order valence-corrected chi connectivity index (χ0v) is 14.0. The first-order chi connectivity index (χ1) is 10.5. The van der Waals surface area contributed by atoms with Crippen LogP contribution >= 0.6 is 0 Å². The van der Waals surface area contributed by atoms with Crippen LogP contribution in [0.25, 0.3) is 0 Å². The van der Waals surface area contributed by atoms with Crippen LogP contribution in [0, 0.1) is 0 Å². The SMILES string of the molecule is CN[C@@H](CC1=CN=C(c2ccccc2C(C)C)CC1)C(C)=O. The second-order valence-electron chi connectivity index (χ2n) is 6.26. The standard InChI is InChI=1S/C19H26N2O/c1-13(2)16-7-5-6-8-17(16)18-10-9-15(12-21-18)11-19(20-4)14(3)22/h5-8,12-13,19-20H,9-11H2,1-4H3/t19-/m0/s1. The number of ketones is 1. The van der Waals surface area contributed by atoms with Crippen LogP contribution in [0.1, 0.15) is 57.1 Å². The number of hydrogen-bond acceptors (Lipinski definition) is 3. The predicted molar refractivity (Wildman–Crippen MR) is 92.5 cm³/mol. The van der Waals surface area contributed by atoms with Gasteiger partial charge in [-0.25, -0.2) is 0 Å². The van der Waals surface area contributed by atoms with Crippen molar-refractivity contribution in [2.24, 2.45) is 4.99 Å². The van der Waals surface area contributed by atoms with Crippen LogP contribution in [0.15, 0.2) is 41.0 Å². The molecule has 0 aliphatic carbocycles. The summed E-state index contributed by atoms with van der Waals surface area (Å²) in [6, 6.07) is 8.43. The van der Waals surface area contributed by atoms with Gasteiger partial charge < -0.3 is 5.32 Å². The van der Waals surface area contributed by atoms with Gasteiger partial charge in [-0.1, -0.05) is 38.1 Å². The first-order valence-corrected chi connectivity index (χ1v) is 8.04. The minimum absolute atomic E-state index is 0.0917. The number of carbonyl (C=O) groups is 1. The van der Waals surface area contributed by atoms with E-state index in [9.17, 15) is 4.79 Å². The Balaban J connectivity index is 2.19. The van der Waals surface area contributed by atoms with Gasteiger partial charge in [-0.2, -0.15) is 0 Å². The molecule has 1 heterocycles. The average Bonchev–Trinajstić information content (AvgIpc) is 2.52. The van der Waals surface area contributed by atoms with E-state index in [2.05, 4.69) is 48.4 Å². The first-order valence-electron chi connectivity index (χ1n) is 8.04. The monoisotopic (exact) mass is 298 g/mol. The second kappa shape index (κ2) is 7.50. The Bertz CT molecular complexity index is 599. The molecule has 0 saturated heterocycles. The largest absolute Gasteiger partial charge is 0.310 e. The van der Waals surface area contributed by atoms with Crippen molar-refractivity contribution < 1.29 is 4.79 Å². The number of carbonyl (C=O) groups excluding carboxylic acids is 1. The van der Waals surface area contributed by atoms with Gasteiger partial charge >= 0.3 is 0 Å². The highest BCUT2D eigenvalue weighted by molar-refractivity contribution is 6.03. The molecule has 0 fully saturated rings. The molecule has 22 heavy (non-hydrogen) atoms. The van der Waals surface area contributed by atoms with Gasteiger partial charge in [0.15, 0.2) is 0 Å². The summed E-state index contributed by atoms with van der Waals surface area (Å²) >= 11 is 0. The lowest BCUT2D eigenvalue weighted by molar-refractivity contribution is -0.118. The van der Waals surface area contributed by atoms with E-state index in [1.807, 2.05) is 13.2 Å². The summed E-state index contributed by atoms with van der Waals surface area (Å²) in [5.74, 6) is 0.680. The molecule has 118 valence electrons. The molecule has 3 nitrogen and oxygen atoms in total. The summed E-state index contributed by atoms with van der Waals surface area (Å²) in [7, 11) is 1.84. The number of rotatable bonds is 6. The molecule has 0 aromatic heterocycles. The zero-order chi connectivity index (χ0) is 16.1.